The minimum atomic E-state index is -0.866. The molecule has 7 aromatic rings. The normalized spacial score (nSPS) is 9.71. The second-order valence-corrected chi connectivity index (χ2v) is 21.6. The van der Waals surface area contributed by atoms with Gasteiger partial charge < -0.3 is 0 Å². The Morgan fingerprint density at radius 2 is 0.643 bits per heavy atom. The molecule has 0 bridgehead atoms. The zero-order valence-electron chi connectivity index (χ0n) is 22.7. The van der Waals surface area contributed by atoms with E-state index in [1.165, 1.54) is 0 Å². The fourth-order valence-electron chi connectivity index (χ4n) is 3.93. The first-order valence-corrected chi connectivity index (χ1v) is 22.3. The van der Waals surface area contributed by atoms with E-state index in [1.807, 2.05) is 24.3 Å². The molecule has 0 spiro atoms. The molecule has 0 radical (unpaired) electrons. The van der Waals surface area contributed by atoms with Crippen LogP contribution in [-0.2, 0) is 0 Å². The number of benzene rings is 5. The van der Waals surface area contributed by atoms with Crippen LogP contribution in [0.25, 0.3) is 22.8 Å². The van der Waals surface area contributed by atoms with Crippen LogP contribution in [0.1, 0.15) is 0 Å². The van der Waals surface area contributed by atoms with Gasteiger partial charge in [0.15, 0.2) is 11.6 Å². The number of nitrogens with one attached hydrogen (secondary N) is 2. The van der Waals surface area contributed by atoms with E-state index in [0.29, 0.717) is 11.6 Å². The molecule has 2 N–H and O–H groups in total. The SMILES string of the molecule is c1cc(-c2nnn[nH]2)ccc1-c1nnn[nH]1.c1cc[c]([Tl][c]2ccccc2)cc1.c1cc[c]([Tl][c]2ccccc2)cc1. The Bertz CT molecular complexity index is 1480. The van der Waals surface area contributed by atoms with Crippen LogP contribution in [-0.4, -0.2) is 89.7 Å². The number of hydrogen-bond donors (Lipinski definition) is 2. The average molecular weight is 931 g/mol. The van der Waals surface area contributed by atoms with Gasteiger partial charge in [0.25, 0.3) is 0 Å². The van der Waals surface area contributed by atoms with Crippen molar-refractivity contribution in [3.05, 3.63) is 146 Å². The predicted molar refractivity (Wildman–Crippen MR) is 169 cm³/mol. The number of aromatic nitrogens is 8. The molecule has 0 unspecified atom stereocenters. The Labute approximate surface area is 268 Å². The third-order valence-corrected chi connectivity index (χ3v) is 17.2. The van der Waals surface area contributed by atoms with Gasteiger partial charge in [-0.25, -0.2) is 10.2 Å². The Balaban J connectivity index is 0.000000127. The van der Waals surface area contributed by atoms with Gasteiger partial charge in [0, 0.05) is 11.1 Å². The van der Waals surface area contributed by atoms with Crippen LogP contribution in [0, 0.1) is 0 Å². The number of rotatable bonds is 6. The van der Waals surface area contributed by atoms with Gasteiger partial charge in [-0.05, 0) is 20.9 Å². The standard InChI is InChI=1S/C8H6N8.4C6H5.2Tl/c1-2-6(8-11-15-16-12-8)4-3-5(1)7-9-13-14-10-7;4*1-2-4-6-5-3-1;;/h1-4H,(H,9,10,13,14)(H,11,12,15,16);4*1-5H;;. The van der Waals surface area contributed by atoms with Crippen molar-refractivity contribution in [3.8, 4) is 22.8 Å². The monoisotopic (exact) mass is 932 g/mol. The van der Waals surface area contributed by atoms with Crippen molar-refractivity contribution in [1.82, 2.24) is 41.2 Å². The topological polar surface area (TPSA) is 109 Å². The Hall–Kier alpha value is -3.92. The van der Waals surface area contributed by atoms with Crippen molar-refractivity contribution < 1.29 is 0 Å². The molecule has 0 fully saturated rings. The summed E-state index contributed by atoms with van der Waals surface area (Å²) in [6.45, 7) is 0. The van der Waals surface area contributed by atoms with Gasteiger partial charge in [0.1, 0.15) is 0 Å². The van der Waals surface area contributed by atoms with E-state index in [9.17, 15) is 0 Å². The van der Waals surface area contributed by atoms with E-state index >= 15 is 0 Å². The van der Waals surface area contributed by atoms with Crippen molar-refractivity contribution in [2.45, 2.75) is 0 Å². The van der Waals surface area contributed by atoms with Gasteiger partial charge in [-0.2, -0.15) is 0 Å². The molecule has 0 saturated heterocycles. The second kappa shape index (κ2) is 16.5. The number of nitrogens with zero attached hydrogens (tertiary/aromatic N) is 6. The van der Waals surface area contributed by atoms with Crippen molar-refractivity contribution in [1.29, 1.82) is 0 Å². The zero-order chi connectivity index (χ0) is 28.7. The Morgan fingerprint density at radius 3 is 0.881 bits per heavy atom. The predicted octanol–water partition coefficient (Wildman–Crippen LogP) is 2.73. The Kier molecular flexibility index (Phi) is 11.6. The first kappa shape index (κ1) is 29.6. The molecular formula is C32H26N8Tl2. The number of H-pyrrole nitrogens is 2. The molecule has 7 rings (SSSR count). The van der Waals surface area contributed by atoms with Gasteiger partial charge in [0.05, 0.1) is 0 Å². The summed E-state index contributed by atoms with van der Waals surface area (Å²) in [5.74, 6) is 1.25. The van der Waals surface area contributed by atoms with Gasteiger partial charge in [-0.1, -0.05) is 24.3 Å². The molecule has 10 heteroatoms. The molecule has 0 aliphatic carbocycles. The molecule has 5 aromatic carbocycles. The summed E-state index contributed by atoms with van der Waals surface area (Å²) in [5, 5.41) is 27.0. The van der Waals surface area contributed by atoms with E-state index in [-0.39, 0.29) is 0 Å². The minimum absolute atomic E-state index is 0.627. The fourth-order valence-corrected chi connectivity index (χ4v) is 13.4. The average Bonchev–Trinajstić information content (AvgIpc) is 3.80. The van der Waals surface area contributed by atoms with E-state index in [0.717, 1.165) is 11.1 Å². The first-order valence-electron chi connectivity index (χ1n) is 13.3. The van der Waals surface area contributed by atoms with E-state index in [1.54, 1.807) is 12.5 Å². The van der Waals surface area contributed by atoms with Crippen LogP contribution < -0.4 is 12.5 Å². The fraction of sp³-hybridized carbons (Fsp3) is 0. The van der Waals surface area contributed by atoms with Crippen LogP contribution in [0.5, 0.6) is 0 Å². The summed E-state index contributed by atoms with van der Waals surface area (Å²) in [6, 6.07) is 51.0. The summed E-state index contributed by atoms with van der Waals surface area (Å²) in [5.41, 5.74) is 1.81. The molecular weight excluding hydrogens is 905 g/mol. The second-order valence-electron chi connectivity index (χ2n) is 9.01. The summed E-state index contributed by atoms with van der Waals surface area (Å²) in [7, 11) is 0. The molecule has 2 heterocycles. The van der Waals surface area contributed by atoms with Crippen molar-refractivity contribution >= 4 is 61.0 Å². The molecule has 0 saturated carbocycles. The van der Waals surface area contributed by atoms with E-state index in [4.69, 9.17) is 0 Å². The molecule has 0 aliphatic rings. The molecule has 2 aromatic heterocycles. The van der Waals surface area contributed by atoms with E-state index < -0.39 is 48.5 Å². The van der Waals surface area contributed by atoms with Crippen LogP contribution in [0.3, 0.4) is 0 Å². The number of tetrazole rings is 2. The zero-order valence-corrected chi connectivity index (χ0v) is 31.7. The maximum absolute atomic E-state index is 3.81. The van der Waals surface area contributed by atoms with Gasteiger partial charge in [0.2, 0.25) is 0 Å². The van der Waals surface area contributed by atoms with E-state index in [2.05, 4.69) is 163 Å². The molecule has 0 aliphatic heterocycles. The third kappa shape index (κ3) is 9.58. The third-order valence-electron chi connectivity index (χ3n) is 5.99. The van der Waals surface area contributed by atoms with Crippen molar-refractivity contribution in [2.75, 3.05) is 0 Å². The quantitative estimate of drug-likeness (QED) is 0.249. The summed E-state index contributed by atoms with van der Waals surface area (Å²) in [6.07, 6.45) is 0. The molecule has 200 valence electrons. The Morgan fingerprint density at radius 1 is 0.357 bits per heavy atom. The molecule has 8 nitrogen and oxygen atoms in total. The molecule has 0 amide bonds. The number of hydrogen-bond acceptors (Lipinski definition) is 6. The summed E-state index contributed by atoms with van der Waals surface area (Å²) in [4.78, 5) is 0. The summed E-state index contributed by atoms with van der Waals surface area (Å²) >= 11 is -1.73. The van der Waals surface area contributed by atoms with Gasteiger partial charge in [-0.3, -0.25) is 0 Å². The van der Waals surface area contributed by atoms with Gasteiger partial charge in [-0.15, -0.1) is 10.2 Å². The van der Waals surface area contributed by atoms with Crippen LogP contribution >= 0.6 is 0 Å². The van der Waals surface area contributed by atoms with Crippen molar-refractivity contribution in [2.24, 2.45) is 0 Å². The van der Waals surface area contributed by atoms with Gasteiger partial charge >= 0.3 is 182 Å². The van der Waals surface area contributed by atoms with Crippen LogP contribution in [0.15, 0.2) is 146 Å². The molecule has 0 atom stereocenters. The van der Waals surface area contributed by atoms with Crippen LogP contribution in [0.4, 0.5) is 0 Å². The molecule has 42 heavy (non-hydrogen) atoms. The summed E-state index contributed by atoms with van der Waals surface area (Å²) < 4.78 is 6.31. The maximum atomic E-state index is 3.81. The number of aromatic amines is 2. The first-order chi connectivity index (χ1) is 20.8. The van der Waals surface area contributed by atoms with Crippen LogP contribution in [0.2, 0.25) is 0 Å². The van der Waals surface area contributed by atoms with Crippen molar-refractivity contribution in [3.63, 3.8) is 0 Å².